The van der Waals surface area contributed by atoms with Gasteiger partial charge in [-0.15, -0.1) is 5.10 Å². The Balaban J connectivity index is 1.40. The maximum atomic E-state index is 13.8. The van der Waals surface area contributed by atoms with E-state index >= 15 is 0 Å². The summed E-state index contributed by atoms with van der Waals surface area (Å²) in [4.78, 5) is 20.9. The highest BCUT2D eigenvalue weighted by Gasteiger charge is 2.41. The van der Waals surface area contributed by atoms with Crippen molar-refractivity contribution in [3.05, 3.63) is 29.6 Å². The average molecular weight is 473 g/mol. The molecular formula is C22H26F2N8O2. The molecule has 0 bridgehead atoms. The van der Waals surface area contributed by atoms with Gasteiger partial charge in [-0.2, -0.15) is 10.1 Å². The van der Waals surface area contributed by atoms with Crippen LogP contribution < -0.4 is 10.2 Å². The molecule has 12 heteroatoms. The van der Waals surface area contributed by atoms with Crippen molar-refractivity contribution in [2.45, 2.75) is 50.0 Å². The lowest BCUT2D eigenvalue weighted by Gasteiger charge is -2.24. The number of alkyl halides is 2. The van der Waals surface area contributed by atoms with Gasteiger partial charge in [0.15, 0.2) is 11.6 Å². The molecule has 1 amide bonds. The fourth-order valence-electron chi connectivity index (χ4n) is 4.85. The molecule has 3 N–H and O–H groups in total. The number of hydrogen-bond donors (Lipinski definition) is 3. The summed E-state index contributed by atoms with van der Waals surface area (Å²) in [6, 6.07) is 5.12. The summed E-state index contributed by atoms with van der Waals surface area (Å²) < 4.78 is 29.0. The Morgan fingerprint density at radius 3 is 2.85 bits per heavy atom. The van der Waals surface area contributed by atoms with Crippen LogP contribution in [0.4, 0.5) is 26.4 Å². The van der Waals surface area contributed by atoms with Gasteiger partial charge in [-0.1, -0.05) is 0 Å². The standard InChI is InChI=1S/C22H26F2N8O2/c23-22(24)7-9-30(12-22)20(34)17-6-5-16-19(25-18-10-15(27-28-18)13-3-4-13)26-21(29-32(16)17)31-8-1-2-14(31)11-33/h5-6,10,13-14,33H,1-4,7-9,11-12H2,(H2,25,26,27,28,29)/t14-/m1/s1. The van der Waals surface area contributed by atoms with Crippen LogP contribution in [0, 0.1) is 0 Å². The molecule has 2 saturated heterocycles. The number of carbonyl (C=O) groups is 1. The molecule has 3 fully saturated rings. The highest BCUT2D eigenvalue weighted by Crippen LogP contribution is 2.40. The normalized spacial score (nSPS) is 22.1. The Morgan fingerprint density at radius 2 is 2.12 bits per heavy atom. The largest absolute Gasteiger partial charge is 0.394 e. The van der Waals surface area contributed by atoms with E-state index in [9.17, 15) is 18.7 Å². The Hall–Kier alpha value is -3.28. The smallest absolute Gasteiger partial charge is 0.272 e. The first-order valence-electron chi connectivity index (χ1n) is 11.7. The zero-order valence-corrected chi connectivity index (χ0v) is 18.5. The number of rotatable bonds is 6. The van der Waals surface area contributed by atoms with Crippen LogP contribution in [0.5, 0.6) is 0 Å². The number of aliphatic hydroxyl groups excluding tert-OH is 1. The second-order valence-electron chi connectivity index (χ2n) is 9.39. The number of fused-ring (bicyclic) bond motifs is 1. The third-order valence-corrected chi connectivity index (χ3v) is 6.88. The van der Waals surface area contributed by atoms with Crippen LogP contribution >= 0.6 is 0 Å². The van der Waals surface area contributed by atoms with Gasteiger partial charge in [0.1, 0.15) is 11.2 Å². The molecule has 0 unspecified atom stereocenters. The Kier molecular flexibility index (Phi) is 4.94. The molecule has 3 aromatic rings. The van der Waals surface area contributed by atoms with Crippen molar-refractivity contribution >= 4 is 29.0 Å². The van der Waals surface area contributed by atoms with E-state index < -0.39 is 18.4 Å². The van der Waals surface area contributed by atoms with Gasteiger partial charge < -0.3 is 20.2 Å². The minimum Gasteiger partial charge on any atom is -0.394 e. The molecule has 6 rings (SSSR count). The zero-order valence-electron chi connectivity index (χ0n) is 18.5. The predicted octanol–water partition coefficient (Wildman–Crippen LogP) is 2.52. The van der Waals surface area contributed by atoms with Crippen LogP contribution in [0.3, 0.4) is 0 Å². The molecule has 0 radical (unpaired) electrons. The van der Waals surface area contributed by atoms with Crippen LogP contribution in [0.1, 0.15) is 54.2 Å². The van der Waals surface area contributed by atoms with Gasteiger partial charge in [0.2, 0.25) is 5.95 Å². The number of aliphatic hydroxyl groups is 1. The molecular weight excluding hydrogens is 446 g/mol. The lowest BCUT2D eigenvalue weighted by Crippen LogP contribution is -2.35. The fourth-order valence-corrected chi connectivity index (χ4v) is 4.85. The SMILES string of the molecule is O=C(c1ccc2c(Nc3cc(C4CC4)[nH]n3)nc(N3CCC[C@@H]3CO)nn12)N1CCC(F)(F)C1. The molecule has 5 heterocycles. The molecule has 3 aliphatic rings. The van der Waals surface area contributed by atoms with E-state index in [0.29, 0.717) is 35.6 Å². The van der Waals surface area contributed by atoms with Crippen molar-refractivity contribution < 1.29 is 18.7 Å². The van der Waals surface area contributed by atoms with Crippen molar-refractivity contribution in [2.24, 2.45) is 0 Å². The summed E-state index contributed by atoms with van der Waals surface area (Å²) in [5, 5.41) is 25.0. The lowest BCUT2D eigenvalue weighted by atomic mass is 10.2. The molecule has 180 valence electrons. The van der Waals surface area contributed by atoms with Gasteiger partial charge in [0, 0.05) is 37.2 Å². The van der Waals surface area contributed by atoms with Crippen LogP contribution in [0.25, 0.3) is 5.52 Å². The molecule has 1 aliphatic carbocycles. The number of aromatic nitrogens is 5. The fraction of sp³-hybridized carbons (Fsp3) is 0.545. The number of aromatic amines is 1. The summed E-state index contributed by atoms with van der Waals surface area (Å²) in [6.07, 6.45) is 3.63. The minimum atomic E-state index is -2.88. The highest BCUT2D eigenvalue weighted by atomic mass is 19.3. The molecule has 10 nitrogen and oxygen atoms in total. The number of nitrogens with one attached hydrogen (secondary N) is 2. The summed E-state index contributed by atoms with van der Waals surface area (Å²) in [5.41, 5.74) is 1.79. The van der Waals surface area contributed by atoms with E-state index in [2.05, 4.69) is 20.6 Å². The third-order valence-electron chi connectivity index (χ3n) is 6.88. The van der Waals surface area contributed by atoms with Crippen LogP contribution in [0.2, 0.25) is 0 Å². The first kappa shape index (κ1) is 21.3. The van der Waals surface area contributed by atoms with Gasteiger partial charge in [0.05, 0.1) is 19.2 Å². The van der Waals surface area contributed by atoms with E-state index in [4.69, 9.17) is 4.98 Å². The van der Waals surface area contributed by atoms with Crippen molar-refractivity contribution in [1.29, 1.82) is 0 Å². The molecule has 2 aliphatic heterocycles. The van der Waals surface area contributed by atoms with Crippen molar-refractivity contribution in [3.63, 3.8) is 0 Å². The summed E-state index contributed by atoms with van der Waals surface area (Å²) >= 11 is 0. The maximum absolute atomic E-state index is 13.8. The number of anilines is 3. The van der Waals surface area contributed by atoms with Crippen molar-refractivity contribution in [3.8, 4) is 0 Å². The van der Waals surface area contributed by atoms with E-state index in [1.165, 1.54) is 9.42 Å². The maximum Gasteiger partial charge on any atom is 0.272 e. The predicted molar refractivity (Wildman–Crippen MR) is 120 cm³/mol. The number of H-pyrrole nitrogens is 1. The zero-order chi connectivity index (χ0) is 23.4. The number of hydrogen-bond acceptors (Lipinski definition) is 7. The minimum absolute atomic E-state index is 0.00194. The molecule has 0 spiro atoms. The van der Waals surface area contributed by atoms with E-state index in [-0.39, 0.29) is 31.3 Å². The number of nitrogens with zero attached hydrogens (tertiary/aromatic N) is 6. The molecule has 34 heavy (non-hydrogen) atoms. The monoisotopic (exact) mass is 472 g/mol. The Bertz CT molecular complexity index is 1240. The summed E-state index contributed by atoms with van der Waals surface area (Å²) in [5.74, 6) is -1.45. The number of amides is 1. The second-order valence-corrected chi connectivity index (χ2v) is 9.39. The van der Waals surface area contributed by atoms with E-state index in [1.54, 1.807) is 12.1 Å². The number of halogens is 2. The lowest BCUT2D eigenvalue weighted by molar-refractivity contribution is 0.0119. The first-order valence-corrected chi connectivity index (χ1v) is 11.7. The molecule has 1 atom stereocenters. The van der Waals surface area contributed by atoms with Gasteiger partial charge in [-0.3, -0.25) is 9.89 Å². The average Bonchev–Trinajstić information content (AvgIpc) is 3.19. The highest BCUT2D eigenvalue weighted by molar-refractivity contribution is 5.95. The quantitative estimate of drug-likeness (QED) is 0.505. The topological polar surface area (TPSA) is 115 Å². The van der Waals surface area contributed by atoms with Crippen LogP contribution in [-0.4, -0.2) is 78.9 Å². The third kappa shape index (κ3) is 3.75. The summed E-state index contributed by atoms with van der Waals surface area (Å²) in [6.45, 7) is 0.0397. The molecule has 1 saturated carbocycles. The van der Waals surface area contributed by atoms with Crippen molar-refractivity contribution in [1.82, 2.24) is 29.7 Å². The Morgan fingerprint density at radius 1 is 1.26 bits per heavy atom. The van der Waals surface area contributed by atoms with Gasteiger partial charge in [-0.05, 0) is 37.8 Å². The number of likely N-dealkylation sites (tertiary alicyclic amines) is 1. The van der Waals surface area contributed by atoms with E-state index in [1.807, 2.05) is 11.0 Å². The van der Waals surface area contributed by atoms with Crippen LogP contribution in [0.15, 0.2) is 18.2 Å². The first-order chi connectivity index (χ1) is 16.4. The Labute approximate surface area is 193 Å². The van der Waals surface area contributed by atoms with E-state index in [0.717, 1.165) is 31.4 Å². The van der Waals surface area contributed by atoms with Gasteiger partial charge >= 0.3 is 0 Å². The summed E-state index contributed by atoms with van der Waals surface area (Å²) in [7, 11) is 0. The second kappa shape index (κ2) is 7.90. The molecule has 0 aromatic carbocycles. The van der Waals surface area contributed by atoms with Gasteiger partial charge in [-0.25, -0.2) is 13.3 Å². The number of carbonyl (C=O) groups excluding carboxylic acids is 1. The van der Waals surface area contributed by atoms with Crippen molar-refractivity contribution in [2.75, 3.05) is 36.5 Å². The van der Waals surface area contributed by atoms with Gasteiger partial charge in [0.25, 0.3) is 11.8 Å². The molecule has 3 aromatic heterocycles. The van der Waals surface area contributed by atoms with Crippen LogP contribution in [-0.2, 0) is 0 Å².